The molecule has 0 radical (unpaired) electrons. The maximum Gasteiger partial charge on any atom is 0.309 e. The molecule has 1 rings (SSSR count). The van der Waals surface area contributed by atoms with E-state index in [-0.39, 0.29) is 12.2 Å². The van der Waals surface area contributed by atoms with Crippen molar-refractivity contribution in [1.29, 1.82) is 0 Å². The quantitative estimate of drug-likeness (QED) is 0.829. The number of aliphatic hydroxyl groups is 1. The van der Waals surface area contributed by atoms with Crippen LogP contribution in [-0.2, 0) is 11.2 Å². The molecule has 0 aliphatic carbocycles. The second kappa shape index (κ2) is 5.27. The van der Waals surface area contributed by atoms with Crippen molar-refractivity contribution in [2.75, 3.05) is 0 Å². The van der Waals surface area contributed by atoms with Gasteiger partial charge in [0.25, 0.3) is 0 Å². The monoisotopic (exact) mass is 240 g/mol. The van der Waals surface area contributed by atoms with Gasteiger partial charge < -0.3 is 10.2 Å². The number of aliphatic carboxylic acids is 1. The Bertz CT molecular complexity index is 384. The molecule has 0 saturated heterocycles. The summed E-state index contributed by atoms with van der Waals surface area (Å²) in [6, 6.07) is 5.71. The molecule has 0 amide bonds. The summed E-state index contributed by atoms with van der Waals surface area (Å²) < 4.78 is 12.7. The summed E-state index contributed by atoms with van der Waals surface area (Å²) in [7, 11) is 0. The van der Waals surface area contributed by atoms with E-state index in [4.69, 9.17) is 5.11 Å². The summed E-state index contributed by atoms with van der Waals surface area (Å²) in [6.07, 6.45) is 0.543. The number of hydrogen-bond acceptors (Lipinski definition) is 2. The summed E-state index contributed by atoms with van der Waals surface area (Å²) in [5.74, 6) is -2.19. The van der Waals surface area contributed by atoms with Gasteiger partial charge in [0.1, 0.15) is 5.82 Å². The van der Waals surface area contributed by atoms with Crippen LogP contribution in [-0.4, -0.2) is 21.8 Å². The van der Waals surface area contributed by atoms with Gasteiger partial charge in [-0.1, -0.05) is 19.1 Å². The highest BCUT2D eigenvalue weighted by atomic mass is 19.1. The summed E-state index contributed by atoms with van der Waals surface area (Å²) in [4.78, 5) is 11.0. The molecule has 3 nitrogen and oxygen atoms in total. The number of rotatable bonds is 5. The zero-order valence-corrected chi connectivity index (χ0v) is 9.98. The zero-order chi connectivity index (χ0) is 13.1. The molecule has 94 valence electrons. The summed E-state index contributed by atoms with van der Waals surface area (Å²) in [6.45, 7) is 3.22. The van der Waals surface area contributed by atoms with Crippen LogP contribution in [0.2, 0.25) is 0 Å². The molecule has 0 aliphatic heterocycles. The number of hydrogen-bond donors (Lipinski definition) is 2. The van der Waals surface area contributed by atoms with Gasteiger partial charge in [-0.3, -0.25) is 4.79 Å². The fourth-order valence-electron chi connectivity index (χ4n) is 2.02. The molecule has 0 spiro atoms. The first-order valence-corrected chi connectivity index (χ1v) is 5.56. The SMILES string of the molecule is CCC(C(=O)O)C(C)(O)Cc1ccc(F)cc1. The van der Waals surface area contributed by atoms with Crippen molar-refractivity contribution in [3.63, 3.8) is 0 Å². The highest BCUT2D eigenvalue weighted by Crippen LogP contribution is 2.25. The van der Waals surface area contributed by atoms with Crippen LogP contribution < -0.4 is 0 Å². The van der Waals surface area contributed by atoms with Gasteiger partial charge in [-0.15, -0.1) is 0 Å². The van der Waals surface area contributed by atoms with Crippen LogP contribution in [0.1, 0.15) is 25.8 Å². The molecule has 0 aromatic heterocycles. The third kappa shape index (κ3) is 3.53. The Morgan fingerprint density at radius 3 is 2.35 bits per heavy atom. The second-order valence-corrected chi connectivity index (χ2v) is 4.46. The number of benzene rings is 1. The van der Waals surface area contributed by atoms with Crippen LogP contribution in [0.15, 0.2) is 24.3 Å². The van der Waals surface area contributed by atoms with E-state index in [1.165, 1.54) is 19.1 Å². The molecule has 1 aromatic carbocycles. The lowest BCUT2D eigenvalue weighted by Gasteiger charge is -2.29. The summed E-state index contributed by atoms with van der Waals surface area (Å²) >= 11 is 0. The van der Waals surface area contributed by atoms with Crippen molar-refractivity contribution in [3.8, 4) is 0 Å². The Hall–Kier alpha value is -1.42. The molecule has 17 heavy (non-hydrogen) atoms. The van der Waals surface area contributed by atoms with Crippen LogP contribution in [0, 0.1) is 11.7 Å². The van der Waals surface area contributed by atoms with E-state index in [2.05, 4.69) is 0 Å². The lowest BCUT2D eigenvalue weighted by molar-refractivity contribution is -0.151. The first-order chi connectivity index (χ1) is 7.86. The number of carbonyl (C=O) groups is 1. The predicted molar refractivity (Wildman–Crippen MR) is 62.1 cm³/mol. The standard InChI is InChI=1S/C13H17FO3/c1-3-11(12(15)16)13(2,17)8-9-4-6-10(14)7-5-9/h4-7,11,17H,3,8H2,1-2H3,(H,15,16). The van der Waals surface area contributed by atoms with Crippen molar-refractivity contribution >= 4 is 5.97 Å². The van der Waals surface area contributed by atoms with E-state index in [0.29, 0.717) is 6.42 Å². The van der Waals surface area contributed by atoms with Gasteiger partial charge in [0.15, 0.2) is 0 Å². The van der Waals surface area contributed by atoms with Gasteiger partial charge in [0, 0.05) is 6.42 Å². The van der Waals surface area contributed by atoms with E-state index in [1.807, 2.05) is 0 Å². The van der Waals surface area contributed by atoms with Crippen molar-refractivity contribution in [2.45, 2.75) is 32.3 Å². The van der Waals surface area contributed by atoms with Crippen LogP contribution in [0.25, 0.3) is 0 Å². The first-order valence-electron chi connectivity index (χ1n) is 5.56. The maximum atomic E-state index is 12.7. The summed E-state index contributed by atoms with van der Waals surface area (Å²) in [5, 5.41) is 19.2. The number of carboxylic acid groups (broad SMARTS) is 1. The Morgan fingerprint density at radius 1 is 1.41 bits per heavy atom. The number of halogens is 1. The van der Waals surface area contributed by atoms with Crippen molar-refractivity contribution in [1.82, 2.24) is 0 Å². The molecule has 2 atom stereocenters. The van der Waals surface area contributed by atoms with Crippen LogP contribution in [0.4, 0.5) is 4.39 Å². The lowest BCUT2D eigenvalue weighted by atomic mass is 9.82. The molecule has 0 fully saturated rings. The van der Waals surface area contributed by atoms with Gasteiger partial charge >= 0.3 is 5.97 Å². The van der Waals surface area contributed by atoms with Crippen molar-refractivity contribution < 1.29 is 19.4 Å². The molecule has 1 aromatic rings. The largest absolute Gasteiger partial charge is 0.481 e. The Labute approximate surface area is 99.9 Å². The van der Waals surface area contributed by atoms with E-state index < -0.39 is 17.5 Å². The average molecular weight is 240 g/mol. The molecule has 0 aliphatic rings. The average Bonchev–Trinajstić information content (AvgIpc) is 2.21. The van der Waals surface area contributed by atoms with Crippen LogP contribution in [0.3, 0.4) is 0 Å². The molecule has 2 N–H and O–H groups in total. The minimum absolute atomic E-state index is 0.193. The fraction of sp³-hybridized carbons (Fsp3) is 0.462. The molecule has 4 heteroatoms. The Kier molecular flexibility index (Phi) is 4.23. The minimum Gasteiger partial charge on any atom is -0.481 e. The maximum absolute atomic E-state index is 12.7. The smallest absolute Gasteiger partial charge is 0.309 e. The predicted octanol–water partition coefficient (Wildman–Crippen LogP) is 2.23. The molecular weight excluding hydrogens is 223 g/mol. The summed E-state index contributed by atoms with van der Waals surface area (Å²) in [5.41, 5.74) is -0.616. The van der Waals surface area contributed by atoms with E-state index >= 15 is 0 Å². The minimum atomic E-state index is -1.33. The van der Waals surface area contributed by atoms with Gasteiger partial charge in [-0.25, -0.2) is 4.39 Å². The van der Waals surface area contributed by atoms with Crippen LogP contribution >= 0.6 is 0 Å². The second-order valence-electron chi connectivity index (χ2n) is 4.46. The van der Waals surface area contributed by atoms with Gasteiger partial charge in [-0.05, 0) is 31.0 Å². The van der Waals surface area contributed by atoms with Crippen LogP contribution in [0.5, 0.6) is 0 Å². The van der Waals surface area contributed by atoms with Gasteiger partial charge in [0.2, 0.25) is 0 Å². The van der Waals surface area contributed by atoms with Crippen molar-refractivity contribution in [3.05, 3.63) is 35.6 Å². The van der Waals surface area contributed by atoms with E-state index in [9.17, 15) is 14.3 Å². The molecule has 0 bridgehead atoms. The normalized spacial score (nSPS) is 16.2. The molecular formula is C13H17FO3. The van der Waals surface area contributed by atoms with Gasteiger partial charge in [0.05, 0.1) is 11.5 Å². The highest BCUT2D eigenvalue weighted by molar-refractivity contribution is 5.71. The third-order valence-corrected chi connectivity index (χ3v) is 2.93. The third-order valence-electron chi connectivity index (χ3n) is 2.93. The lowest BCUT2D eigenvalue weighted by Crippen LogP contribution is -2.41. The fourth-order valence-corrected chi connectivity index (χ4v) is 2.02. The van der Waals surface area contributed by atoms with E-state index in [1.54, 1.807) is 19.1 Å². The molecule has 0 saturated carbocycles. The highest BCUT2D eigenvalue weighted by Gasteiger charge is 2.36. The molecule has 2 unspecified atom stereocenters. The van der Waals surface area contributed by atoms with Gasteiger partial charge in [-0.2, -0.15) is 0 Å². The molecule has 0 heterocycles. The first kappa shape index (κ1) is 13.6. The number of carboxylic acids is 1. The Morgan fingerprint density at radius 2 is 1.94 bits per heavy atom. The van der Waals surface area contributed by atoms with E-state index in [0.717, 1.165) is 5.56 Å². The van der Waals surface area contributed by atoms with Crippen molar-refractivity contribution in [2.24, 2.45) is 5.92 Å². The Balaban J connectivity index is 2.84. The zero-order valence-electron chi connectivity index (χ0n) is 9.98. The topological polar surface area (TPSA) is 57.5 Å².